The Morgan fingerprint density at radius 2 is 2.18 bits per heavy atom. The van der Waals surface area contributed by atoms with Crippen molar-refractivity contribution in [2.45, 2.75) is 6.92 Å². The van der Waals surface area contributed by atoms with Crippen LogP contribution in [0.3, 0.4) is 0 Å². The van der Waals surface area contributed by atoms with Crippen molar-refractivity contribution in [3.63, 3.8) is 0 Å². The van der Waals surface area contributed by atoms with Gasteiger partial charge in [-0.1, -0.05) is 17.7 Å². The van der Waals surface area contributed by atoms with Gasteiger partial charge >= 0.3 is 0 Å². The molecule has 0 saturated heterocycles. The number of carbonyl (C=O) groups excluding carboxylic acids is 1. The summed E-state index contributed by atoms with van der Waals surface area (Å²) in [4.78, 5) is 12.4. The quantitative estimate of drug-likeness (QED) is 0.873. The van der Waals surface area contributed by atoms with Crippen molar-refractivity contribution in [2.75, 3.05) is 11.1 Å². The average Bonchev–Trinajstić information content (AvgIpc) is 2.68. The van der Waals surface area contributed by atoms with E-state index in [-0.39, 0.29) is 5.91 Å². The van der Waals surface area contributed by atoms with Gasteiger partial charge in [0.15, 0.2) is 0 Å². The third kappa shape index (κ3) is 2.60. The van der Waals surface area contributed by atoms with Gasteiger partial charge in [-0.2, -0.15) is 0 Å². The number of amides is 1. The van der Waals surface area contributed by atoms with E-state index in [1.807, 2.05) is 13.0 Å². The van der Waals surface area contributed by atoms with Crippen LogP contribution in [-0.4, -0.2) is 5.91 Å². The van der Waals surface area contributed by atoms with Crippen molar-refractivity contribution in [2.24, 2.45) is 0 Å². The Labute approximate surface area is 108 Å². The number of hydrogen-bond acceptors (Lipinski definition) is 3. The van der Waals surface area contributed by atoms with Crippen LogP contribution >= 0.6 is 22.9 Å². The fourth-order valence-electron chi connectivity index (χ4n) is 1.40. The van der Waals surface area contributed by atoms with E-state index in [2.05, 4.69) is 5.32 Å². The second kappa shape index (κ2) is 4.77. The van der Waals surface area contributed by atoms with Gasteiger partial charge in [0.05, 0.1) is 16.4 Å². The van der Waals surface area contributed by atoms with Gasteiger partial charge in [0.2, 0.25) is 0 Å². The molecule has 1 aromatic heterocycles. The molecule has 0 saturated carbocycles. The van der Waals surface area contributed by atoms with Gasteiger partial charge in [0.25, 0.3) is 5.91 Å². The number of benzene rings is 1. The SMILES string of the molecule is Cc1ccc(NC(=O)c2sccc2N)c(Cl)c1. The molecule has 0 radical (unpaired) electrons. The number of nitrogen functional groups attached to an aromatic ring is 1. The molecule has 0 aliphatic heterocycles. The predicted molar refractivity (Wildman–Crippen MR) is 72.9 cm³/mol. The first-order valence-corrected chi connectivity index (χ1v) is 6.24. The fraction of sp³-hybridized carbons (Fsp3) is 0.0833. The zero-order valence-corrected chi connectivity index (χ0v) is 10.7. The Kier molecular flexibility index (Phi) is 3.36. The molecule has 0 spiro atoms. The van der Waals surface area contributed by atoms with E-state index in [4.69, 9.17) is 17.3 Å². The maximum Gasteiger partial charge on any atom is 0.267 e. The van der Waals surface area contributed by atoms with Crippen LogP contribution in [0.5, 0.6) is 0 Å². The summed E-state index contributed by atoms with van der Waals surface area (Å²) in [6, 6.07) is 7.17. The molecular weight excluding hydrogens is 256 g/mol. The lowest BCUT2D eigenvalue weighted by Crippen LogP contribution is -2.12. The van der Waals surface area contributed by atoms with Crippen LogP contribution in [0.15, 0.2) is 29.6 Å². The summed E-state index contributed by atoms with van der Waals surface area (Å²) < 4.78 is 0. The summed E-state index contributed by atoms with van der Waals surface area (Å²) in [7, 11) is 0. The molecule has 0 atom stereocenters. The average molecular weight is 267 g/mol. The van der Waals surface area contributed by atoms with Gasteiger partial charge in [0, 0.05) is 0 Å². The summed E-state index contributed by atoms with van der Waals surface area (Å²) in [5.41, 5.74) is 7.79. The van der Waals surface area contributed by atoms with E-state index in [0.717, 1.165) is 5.56 Å². The van der Waals surface area contributed by atoms with Crippen LogP contribution in [0.4, 0.5) is 11.4 Å². The normalized spacial score (nSPS) is 10.2. The lowest BCUT2D eigenvalue weighted by molar-refractivity contribution is 0.103. The second-order valence-corrected chi connectivity index (χ2v) is 4.97. The molecule has 0 bridgehead atoms. The Hall–Kier alpha value is -1.52. The number of nitrogens with two attached hydrogens (primary N) is 1. The smallest absolute Gasteiger partial charge is 0.267 e. The van der Waals surface area contributed by atoms with E-state index in [1.165, 1.54) is 11.3 Å². The number of aryl methyl sites for hydroxylation is 1. The molecule has 0 aliphatic rings. The number of rotatable bonds is 2. The van der Waals surface area contributed by atoms with Gasteiger partial charge in [-0.3, -0.25) is 4.79 Å². The molecule has 1 heterocycles. The van der Waals surface area contributed by atoms with Gasteiger partial charge in [-0.15, -0.1) is 11.3 Å². The molecule has 0 aliphatic carbocycles. The number of halogens is 1. The molecule has 3 nitrogen and oxygen atoms in total. The highest BCUT2D eigenvalue weighted by Crippen LogP contribution is 2.25. The molecule has 1 amide bonds. The zero-order chi connectivity index (χ0) is 12.4. The first-order valence-electron chi connectivity index (χ1n) is 4.98. The summed E-state index contributed by atoms with van der Waals surface area (Å²) in [5.74, 6) is -0.233. The first kappa shape index (κ1) is 12.0. The van der Waals surface area contributed by atoms with Crippen LogP contribution in [0.2, 0.25) is 5.02 Å². The molecule has 0 fully saturated rings. The Morgan fingerprint density at radius 1 is 1.41 bits per heavy atom. The highest BCUT2D eigenvalue weighted by atomic mass is 35.5. The minimum Gasteiger partial charge on any atom is -0.397 e. The van der Waals surface area contributed by atoms with E-state index >= 15 is 0 Å². The van der Waals surface area contributed by atoms with Crippen molar-refractivity contribution >= 4 is 40.2 Å². The summed E-state index contributed by atoms with van der Waals surface area (Å²) >= 11 is 7.34. The van der Waals surface area contributed by atoms with E-state index in [0.29, 0.717) is 21.3 Å². The Morgan fingerprint density at radius 3 is 2.76 bits per heavy atom. The van der Waals surface area contributed by atoms with Crippen LogP contribution in [0.25, 0.3) is 0 Å². The second-order valence-electron chi connectivity index (χ2n) is 3.64. The number of hydrogen-bond donors (Lipinski definition) is 2. The lowest BCUT2D eigenvalue weighted by Gasteiger charge is -2.07. The molecule has 17 heavy (non-hydrogen) atoms. The number of anilines is 2. The van der Waals surface area contributed by atoms with Crippen LogP contribution in [-0.2, 0) is 0 Å². The maximum absolute atomic E-state index is 11.9. The highest BCUT2D eigenvalue weighted by molar-refractivity contribution is 7.12. The van der Waals surface area contributed by atoms with E-state index in [1.54, 1.807) is 23.6 Å². The molecular formula is C12H11ClN2OS. The van der Waals surface area contributed by atoms with Crippen molar-refractivity contribution in [1.82, 2.24) is 0 Å². The summed E-state index contributed by atoms with van der Waals surface area (Å²) in [6.07, 6.45) is 0. The number of nitrogens with one attached hydrogen (secondary N) is 1. The topological polar surface area (TPSA) is 55.1 Å². The van der Waals surface area contributed by atoms with Gasteiger partial charge in [-0.25, -0.2) is 0 Å². The monoisotopic (exact) mass is 266 g/mol. The Balaban J connectivity index is 2.22. The predicted octanol–water partition coefficient (Wildman–Crippen LogP) is 3.54. The van der Waals surface area contributed by atoms with Gasteiger partial charge < -0.3 is 11.1 Å². The minimum atomic E-state index is -0.233. The van der Waals surface area contributed by atoms with Crippen molar-refractivity contribution in [1.29, 1.82) is 0 Å². The molecule has 2 rings (SSSR count). The standard InChI is InChI=1S/C12H11ClN2OS/c1-7-2-3-10(8(13)6-7)15-12(16)11-9(14)4-5-17-11/h2-6H,14H2,1H3,(H,15,16). The summed E-state index contributed by atoms with van der Waals surface area (Å²) in [6.45, 7) is 1.94. The molecule has 3 N–H and O–H groups in total. The lowest BCUT2D eigenvalue weighted by atomic mass is 10.2. The van der Waals surface area contributed by atoms with E-state index < -0.39 is 0 Å². The molecule has 0 unspecified atom stereocenters. The van der Waals surface area contributed by atoms with E-state index in [9.17, 15) is 4.79 Å². The molecule has 5 heteroatoms. The van der Waals surface area contributed by atoms with Crippen molar-refractivity contribution in [3.8, 4) is 0 Å². The Bertz CT molecular complexity index is 565. The minimum absolute atomic E-state index is 0.233. The largest absolute Gasteiger partial charge is 0.397 e. The maximum atomic E-state index is 11.9. The fourth-order valence-corrected chi connectivity index (χ4v) is 2.40. The molecule has 2 aromatic rings. The van der Waals surface area contributed by atoms with Crippen LogP contribution in [0.1, 0.15) is 15.2 Å². The molecule has 88 valence electrons. The third-order valence-corrected chi connectivity index (χ3v) is 3.52. The number of carbonyl (C=O) groups is 1. The van der Waals surface area contributed by atoms with Gasteiger partial charge in [0.1, 0.15) is 4.88 Å². The summed E-state index contributed by atoms with van der Waals surface area (Å²) in [5, 5.41) is 5.04. The number of thiophene rings is 1. The van der Waals surface area contributed by atoms with Gasteiger partial charge in [-0.05, 0) is 36.1 Å². The third-order valence-electron chi connectivity index (χ3n) is 2.27. The highest BCUT2D eigenvalue weighted by Gasteiger charge is 2.12. The van der Waals surface area contributed by atoms with Crippen LogP contribution in [0, 0.1) is 6.92 Å². The van der Waals surface area contributed by atoms with Crippen molar-refractivity contribution < 1.29 is 4.79 Å². The molecule has 1 aromatic carbocycles. The van der Waals surface area contributed by atoms with Crippen molar-refractivity contribution in [3.05, 3.63) is 45.1 Å². The van der Waals surface area contributed by atoms with Crippen LogP contribution < -0.4 is 11.1 Å². The zero-order valence-electron chi connectivity index (χ0n) is 9.16. The first-order chi connectivity index (χ1) is 8.08.